The first-order chi connectivity index (χ1) is 15.0. The van der Waals surface area contributed by atoms with E-state index in [-0.39, 0.29) is 24.7 Å². The number of rotatable bonds is 6. The van der Waals surface area contributed by atoms with E-state index < -0.39 is 11.6 Å². The molecule has 0 fully saturated rings. The van der Waals surface area contributed by atoms with Gasteiger partial charge >= 0.3 is 6.09 Å². The number of hydrogen-bond acceptors (Lipinski definition) is 5. The van der Waals surface area contributed by atoms with Crippen LogP contribution in [0.1, 0.15) is 65.2 Å². The molecule has 0 bridgehead atoms. The normalized spacial score (nSPS) is 15.8. The van der Waals surface area contributed by atoms with Crippen LogP contribution in [-0.4, -0.2) is 39.3 Å². The zero-order valence-corrected chi connectivity index (χ0v) is 19.5. The summed E-state index contributed by atoms with van der Waals surface area (Å²) in [5, 5.41) is 19.6. The van der Waals surface area contributed by atoms with Crippen molar-refractivity contribution in [2.24, 2.45) is 5.92 Å². The second-order valence-electron chi connectivity index (χ2n) is 9.60. The molecule has 2 atom stereocenters. The molecule has 1 aromatic carbocycles. The highest BCUT2D eigenvalue weighted by molar-refractivity contribution is 5.78. The summed E-state index contributed by atoms with van der Waals surface area (Å²) in [5.74, 6) is 1.29. The molecule has 1 aliphatic rings. The molecule has 7 nitrogen and oxygen atoms in total. The van der Waals surface area contributed by atoms with Gasteiger partial charge in [-0.05, 0) is 52.2 Å². The van der Waals surface area contributed by atoms with Gasteiger partial charge in [0.25, 0.3) is 0 Å². The summed E-state index contributed by atoms with van der Waals surface area (Å²) in [4.78, 5) is 17.7. The molecule has 1 N–H and O–H groups in total. The van der Waals surface area contributed by atoms with Crippen molar-refractivity contribution in [2.45, 2.75) is 65.6 Å². The molecule has 0 radical (unpaired) electrons. The minimum absolute atomic E-state index is 0.142. The van der Waals surface area contributed by atoms with Crippen molar-refractivity contribution in [3.63, 3.8) is 0 Å². The van der Waals surface area contributed by atoms with Gasteiger partial charge in [0, 0.05) is 40.7 Å². The lowest BCUT2D eigenvalue weighted by molar-refractivity contribution is 0.0432. The van der Waals surface area contributed by atoms with E-state index in [0.717, 1.165) is 16.7 Å². The Morgan fingerprint density at radius 1 is 1.34 bits per heavy atom. The van der Waals surface area contributed by atoms with E-state index >= 15 is 0 Å². The van der Waals surface area contributed by atoms with Crippen LogP contribution in [-0.2, 0) is 0 Å². The number of pyridine rings is 1. The SMILES string of the molecule is CC(C)C[C@@H](COc1cc2c(cc1C#N)-c1cnccc1C(C)O2)N(C(=O)O)C(C)(C)C. The maximum Gasteiger partial charge on any atom is 0.408 e. The number of nitriles is 1. The maximum atomic E-state index is 12.0. The van der Waals surface area contributed by atoms with Crippen LogP contribution in [0.2, 0.25) is 0 Å². The average molecular weight is 438 g/mol. The largest absolute Gasteiger partial charge is 0.490 e. The number of carbonyl (C=O) groups is 1. The van der Waals surface area contributed by atoms with Crippen LogP contribution in [0.5, 0.6) is 11.5 Å². The zero-order valence-electron chi connectivity index (χ0n) is 19.5. The van der Waals surface area contributed by atoms with E-state index in [2.05, 4.69) is 24.9 Å². The van der Waals surface area contributed by atoms with Crippen molar-refractivity contribution in [2.75, 3.05) is 6.61 Å². The minimum atomic E-state index is -0.987. The van der Waals surface area contributed by atoms with E-state index in [1.807, 2.05) is 33.8 Å². The van der Waals surface area contributed by atoms with Gasteiger partial charge in [0.2, 0.25) is 0 Å². The highest BCUT2D eigenvalue weighted by Gasteiger charge is 2.34. The lowest BCUT2D eigenvalue weighted by atomic mass is 9.94. The van der Waals surface area contributed by atoms with Crippen LogP contribution in [0.3, 0.4) is 0 Å². The number of ether oxygens (including phenoxy) is 2. The van der Waals surface area contributed by atoms with E-state index in [1.165, 1.54) is 4.90 Å². The van der Waals surface area contributed by atoms with Crippen molar-refractivity contribution < 1.29 is 19.4 Å². The van der Waals surface area contributed by atoms with Gasteiger partial charge in [0.05, 0.1) is 11.6 Å². The Morgan fingerprint density at radius 2 is 2.06 bits per heavy atom. The Kier molecular flexibility index (Phi) is 6.63. The number of nitrogens with zero attached hydrogens (tertiary/aromatic N) is 3. The fourth-order valence-electron chi connectivity index (χ4n) is 4.28. The van der Waals surface area contributed by atoms with Crippen LogP contribution in [0.4, 0.5) is 4.79 Å². The van der Waals surface area contributed by atoms with Gasteiger partial charge in [0.1, 0.15) is 30.3 Å². The number of amides is 1. The fourth-order valence-corrected chi connectivity index (χ4v) is 4.28. The lowest BCUT2D eigenvalue weighted by Crippen LogP contribution is -2.53. The van der Waals surface area contributed by atoms with E-state index in [4.69, 9.17) is 9.47 Å². The predicted octanol–water partition coefficient (Wildman–Crippen LogP) is 5.65. The Balaban J connectivity index is 1.94. The summed E-state index contributed by atoms with van der Waals surface area (Å²) < 4.78 is 12.2. The molecule has 0 saturated heterocycles. The Labute approximate surface area is 189 Å². The van der Waals surface area contributed by atoms with Gasteiger partial charge in [-0.15, -0.1) is 0 Å². The molecule has 0 spiro atoms. The van der Waals surface area contributed by atoms with Gasteiger partial charge in [-0.3, -0.25) is 9.88 Å². The molecule has 1 unspecified atom stereocenters. The third kappa shape index (κ3) is 4.80. The molecule has 2 heterocycles. The fraction of sp³-hybridized carbons (Fsp3) is 0.480. The summed E-state index contributed by atoms with van der Waals surface area (Å²) in [5.41, 5.74) is 2.54. The number of hydrogen-bond donors (Lipinski definition) is 1. The molecule has 7 heteroatoms. The topological polar surface area (TPSA) is 95.7 Å². The first-order valence-corrected chi connectivity index (χ1v) is 10.9. The summed E-state index contributed by atoms with van der Waals surface area (Å²) in [7, 11) is 0. The third-order valence-electron chi connectivity index (χ3n) is 5.56. The van der Waals surface area contributed by atoms with Gasteiger partial charge in [-0.1, -0.05) is 13.8 Å². The number of fused-ring (bicyclic) bond motifs is 3. The summed E-state index contributed by atoms with van der Waals surface area (Å²) >= 11 is 0. The van der Waals surface area contributed by atoms with Crippen LogP contribution < -0.4 is 9.47 Å². The van der Waals surface area contributed by atoms with Crippen molar-refractivity contribution in [3.05, 3.63) is 41.7 Å². The van der Waals surface area contributed by atoms with E-state index in [0.29, 0.717) is 23.5 Å². The Bertz CT molecular complexity index is 1040. The highest BCUT2D eigenvalue weighted by atomic mass is 16.5. The highest BCUT2D eigenvalue weighted by Crippen LogP contribution is 2.44. The third-order valence-corrected chi connectivity index (χ3v) is 5.56. The quantitative estimate of drug-likeness (QED) is 0.628. The van der Waals surface area contributed by atoms with Crippen molar-refractivity contribution in [1.82, 2.24) is 9.88 Å². The second-order valence-corrected chi connectivity index (χ2v) is 9.60. The van der Waals surface area contributed by atoms with Crippen LogP contribution in [0, 0.1) is 17.2 Å². The molecule has 3 rings (SSSR count). The van der Waals surface area contributed by atoms with Gasteiger partial charge in [-0.25, -0.2) is 4.79 Å². The first-order valence-electron chi connectivity index (χ1n) is 10.9. The number of aromatic nitrogens is 1. The lowest BCUT2D eigenvalue weighted by Gasteiger charge is -2.40. The summed E-state index contributed by atoms with van der Waals surface area (Å²) in [6.07, 6.45) is 3.01. The van der Waals surface area contributed by atoms with Gasteiger partial charge < -0.3 is 14.6 Å². The van der Waals surface area contributed by atoms with Crippen LogP contribution in [0.25, 0.3) is 11.1 Å². The average Bonchev–Trinajstić information content (AvgIpc) is 2.70. The smallest absolute Gasteiger partial charge is 0.408 e. The Hall–Kier alpha value is -3.27. The van der Waals surface area contributed by atoms with E-state index in [9.17, 15) is 15.2 Å². The molecule has 32 heavy (non-hydrogen) atoms. The Morgan fingerprint density at radius 3 is 2.66 bits per heavy atom. The molecular formula is C25H31N3O4. The molecule has 2 aromatic rings. The summed E-state index contributed by atoms with van der Waals surface area (Å²) in [6, 6.07) is 7.25. The van der Waals surface area contributed by atoms with Crippen molar-refractivity contribution in [1.29, 1.82) is 5.26 Å². The molecule has 1 aliphatic heterocycles. The maximum absolute atomic E-state index is 12.0. The molecule has 1 amide bonds. The molecule has 0 aliphatic carbocycles. The monoisotopic (exact) mass is 437 g/mol. The van der Waals surface area contributed by atoms with Crippen LogP contribution in [0.15, 0.2) is 30.6 Å². The van der Waals surface area contributed by atoms with E-state index in [1.54, 1.807) is 24.5 Å². The number of carboxylic acid groups (broad SMARTS) is 1. The zero-order chi connectivity index (χ0) is 23.6. The standard InChI is InChI=1S/C25H31N3O4/c1-15(2)9-18(28(24(29)30)25(4,5)6)14-31-22-11-23-20(10-17(22)12-26)21-13-27-8-7-19(21)16(3)32-23/h7-8,10-11,13,15-16,18H,9,14H2,1-6H3,(H,29,30)/t16?,18-/m0/s1. The molecule has 170 valence electrons. The van der Waals surface area contributed by atoms with Gasteiger partial charge in [0.15, 0.2) is 0 Å². The first kappa shape index (κ1) is 23.4. The number of benzene rings is 1. The predicted molar refractivity (Wildman–Crippen MR) is 122 cm³/mol. The van der Waals surface area contributed by atoms with Crippen molar-refractivity contribution in [3.8, 4) is 28.7 Å². The van der Waals surface area contributed by atoms with Crippen molar-refractivity contribution >= 4 is 6.09 Å². The van der Waals surface area contributed by atoms with Gasteiger partial charge in [-0.2, -0.15) is 5.26 Å². The molecule has 0 saturated carbocycles. The molecule has 1 aromatic heterocycles. The minimum Gasteiger partial charge on any atom is -0.490 e. The van der Waals surface area contributed by atoms with Crippen LogP contribution >= 0.6 is 0 Å². The molecular weight excluding hydrogens is 406 g/mol. The summed E-state index contributed by atoms with van der Waals surface area (Å²) in [6.45, 7) is 11.8. The second kappa shape index (κ2) is 9.07.